The zero-order valence-corrected chi connectivity index (χ0v) is 21.5. The average Bonchev–Trinajstić information content (AvgIpc) is 2.81. The topological polar surface area (TPSA) is 66.5 Å². The molecule has 0 heterocycles. The van der Waals surface area contributed by atoms with Gasteiger partial charge in [0.05, 0.1) is 27.2 Å². The lowest BCUT2D eigenvalue weighted by atomic mass is 10.0. The summed E-state index contributed by atoms with van der Waals surface area (Å²) in [5, 5.41) is 2.22. The molecule has 0 bridgehead atoms. The van der Waals surface area contributed by atoms with E-state index in [1.54, 1.807) is 19.1 Å². The van der Waals surface area contributed by atoms with Crippen molar-refractivity contribution in [1.29, 1.82) is 0 Å². The lowest BCUT2D eigenvalue weighted by Crippen LogP contribution is -2.42. The SMILES string of the molecule is CC[C@@H](NC(=O)CN(c1ccc(Cl)c(C(F)(F)F)c1)S(=O)(=O)c1ccc(C)cc1)c1ccc(C)cc1. The van der Waals surface area contributed by atoms with Crippen molar-refractivity contribution in [2.24, 2.45) is 0 Å². The lowest BCUT2D eigenvalue weighted by molar-refractivity contribution is -0.137. The van der Waals surface area contributed by atoms with E-state index in [1.165, 1.54) is 12.1 Å². The molecular formula is C26H26ClF3N2O3S. The number of nitrogens with zero attached hydrogens (tertiary/aromatic N) is 1. The number of carbonyl (C=O) groups is 1. The predicted molar refractivity (Wildman–Crippen MR) is 135 cm³/mol. The minimum absolute atomic E-state index is 0.157. The van der Waals surface area contributed by atoms with Gasteiger partial charge in [0, 0.05) is 0 Å². The summed E-state index contributed by atoms with van der Waals surface area (Å²) in [7, 11) is -4.39. The Labute approximate surface area is 213 Å². The van der Waals surface area contributed by atoms with E-state index in [2.05, 4.69) is 5.32 Å². The molecule has 0 aliphatic heterocycles. The molecule has 0 saturated carbocycles. The molecule has 0 aliphatic rings. The number of hydrogen-bond donors (Lipinski definition) is 1. The highest BCUT2D eigenvalue weighted by molar-refractivity contribution is 7.92. The van der Waals surface area contributed by atoms with E-state index in [4.69, 9.17) is 11.6 Å². The Morgan fingerprint density at radius 1 is 0.972 bits per heavy atom. The zero-order valence-electron chi connectivity index (χ0n) is 19.9. The Kier molecular flexibility index (Phi) is 8.36. The summed E-state index contributed by atoms with van der Waals surface area (Å²) < 4.78 is 68.3. The highest BCUT2D eigenvalue weighted by atomic mass is 35.5. The fourth-order valence-electron chi connectivity index (χ4n) is 3.63. The van der Waals surface area contributed by atoms with E-state index in [-0.39, 0.29) is 10.6 Å². The number of nitrogens with one attached hydrogen (secondary N) is 1. The van der Waals surface area contributed by atoms with Crippen LogP contribution in [0.25, 0.3) is 0 Å². The van der Waals surface area contributed by atoms with Crippen molar-refractivity contribution in [3.8, 4) is 0 Å². The highest BCUT2D eigenvalue weighted by Gasteiger charge is 2.35. The fourth-order valence-corrected chi connectivity index (χ4v) is 5.27. The summed E-state index contributed by atoms with van der Waals surface area (Å²) in [4.78, 5) is 12.9. The van der Waals surface area contributed by atoms with Crippen LogP contribution < -0.4 is 9.62 Å². The predicted octanol–water partition coefficient (Wildman–Crippen LogP) is 6.44. The van der Waals surface area contributed by atoms with Crippen LogP contribution in [-0.2, 0) is 21.0 Å². The number of halogens is 4. The number of alkyl halides is 3. The van der Waals surface area contributed by atoms with Gasteiger partial charge in [0.15, 0.2) is 0 Å². The van der Waals surface area contributed by atoms with Crippen molar-refractivity contribution in [3.05, 3.63) is 94.0 Å². The second-order valence-electron chi connectivity index (χ2n) is 8.43. The molecule has 1 N–H and O–H groups in total. The standard InChI is InChI=1S/C26H26ClF3N2O3S/c1-4-24(19-9-5-17(2)6-10-19)31-25(33)16-32(36(34,35)21-12-7-18(3)8-13-21)20-11-14-23(27)22(15-20)26(28,29)30/h5-15,24H,4,16H2,1-3H3,(H,31,33)/t24-/m1/s1. The van der Waals surface area contributed by atoms with E-state index in [9.17, 15) is 26.4 Å². The lowest BCUT2D eigenvalue weighted by Gasteiger charge is -2.26. The van der Waals surface area contributed by atoms with Crippen LogP contribution >= 0.6 is 11.6 Å². The molecule has 0 unspecified atom stereocenters. The molecule has 0 saturated heterocycles. The molecule has 0 spiro atoms. The van der Waals surface area contributed by atoms with Crippen molar-refractivity contribution < 1.29 is 26.4 Å². The first kappa shape index (κ1) is 27.5. The van der Waals surface area contributed by atoms with Gasteiger partial charge < -0.3 is 5.32 Å². The van der Waals surface area contributed by atoms with Gasteiger partial charge in [-0.1, -0.05) is 66.0 Å². The third-order valence-corrected chi connectivity index (χ3v) is 7.78. The number of amides is 1. The van der Waals surface area contributed by atoms with Crippen LogP contribution in [0.1, 0.15) is 41.6 Å². The third-order valence-electron chi connectivity index (χ3n) is 5.66. The molecular weight excluding hydrogens is 513 g/mol. The molecule has 192 valence electrons. The molecule has 0 aromatic heterocycles. The van der Waals surface area contributed by atoms with Gasteiger partial charge in [0.2, 0.25) is 5.91 Å². The molecule has 3 aromatic carbocycles. The van der Waals surface area contributed by atoms with Crippen LogP contribution in [0.5, 0.6) is 0 Å². The quantitative estimate of drug-likeness (QED) is 0.359. The van der Waals surface area contributed by atoms with Crippen LogP contribution in [0.15, 0.2) is 71.6 Å². The molecule has 10 heteroatoms. The molecule has 0 aliphatic carbocycles. The van der Waals surface area contributed by atoms with Gasteiger partial charge in [-0.2, -0.15) is 13.2 Å². The van der Waals surface area contributed by atoms with E-state index >= 15 is 0 Å². The Balaban J connectivity index is 2.01. The first-order valence-electron chi connectivity index (χ1n) is 11.1. The summed E-state index contributed by atoms with van der Waals surface area (Å²) in [6.07, 6.45) is -4.29. The van der Waals surface area contributed by atoms with E-state index in [1.807, 2.05) is 38.1 Å². The van der Waals surface area contributed by atoms with Crippen molar-refractivity contribution in [1.82, 2.24) is 5.32 Å². The summed E-state index contributed by atoms with van der Waals surface area (Å²) in [5.74, 6) is -0.665. The first-order valence-corrected chi connectivity index (χ1v) is 13.0. The van der Waals surface area contributed by atoms with Gasteiger partial charge >= 0.3 is 6.18 Å². The molecule has 1 atom stereocenters. The summed E-state index contributed by atoms with van der Waals surface area (Å²) in [6.45, 7) is 4.84. The van der Waals surface area contributed by atoms with Gasteiger partial charge in [0.25, 0.3) is 10.0 Å². The maximum absolute atomic E-state index is 13.5. The molecule has 0 fully saturated rings. The number of carbonyl (C=O) groups excluding carboxylic acids is 1. The number of sulfonamides is 1. The number of aryl methyl sites for hydroxylation is 2. The molecule has 3 aromatic rings. The molecule has 5 nitrogen and oxygen atoms in total. The Morgan fingerprint density at radius 2 is 1.53 bits per heavy atom. The molecule has 3 rings (SSSR count). The Morgan fingerprint density at radius 3 is 2.06 bits per heavy atom. The van der Waals surface area contributed by atoms with Crippen molar-refractivity contribution in [3.63, 3.8) is 0 Å². The third kappa shape index (κ3) is 6.39. The maximum Gasteiger partial charge on any atom is 0.417 e. The van der Waals surface area contributed by atoms with Crippen molar-refractivity contribution in [2.75, 3.05) is 10.8 Å². The van der Waals surface area contributed by atoms with Crippen LogP contribution in [0.4, 0.5) is 18.9 Å². The summed E-state index contributed by atoms with van der Waals surface area (Å²) in [6, 6.07) is 15.7. The Hall–Kier alpha value is -3.04. The minimum atomic E-state index is -4.81. The van der Waals surface area contributed by atoms with E-state index in [0.717, 1.165) is 28.8 Å². The summed E-state index contributed by atoms with van der Waals surface area (Å²) >= 11 is 5.74. The Bertz CT molecular complexity index is 1330. The van der Waals surface area contributed by atoms with Crippen molar-refractivity contribution in [2.45, 2.75) is 44.3 Å². The van der Waals surface area contributed by atoms with Crippen LogP contribution in [0.2, 0.25) is 5.02 Å². The second kappa shape index (κ2) is 10.9. The molecule has 36 heavy (non-hydrogen) atoms. The highest BCUT2D eigenvalue weighted by Crippen LogP contribution is 2.38. The maximum atomic E-state index is 13.5. The monoisotopic (exact) mass is 538 g/mol. The van der Waals surface area contributed by atoms with Gasteiger partial charge in [-0.3, -0.25) is 9.10 Å². The molecule has 1 amide bonds. The minimum Gasteiger partial charge on any atom is -0.348 e. The van der Waals surface area contributed by atoms with Gasteiger partial charge in [-0.25, -0.2) is 8.42 Å². The second-order valence-corrected chi connectivity index (χ2v) is 10.7. The largest absolute Gasteiger partial charge is 0.417 e. The van der Waals surface area contributed by atoms with Crippen LogP contribution in [-0.4, -0.2) is 20.9 Å². The normalized spacial score (nSPS) is 12.8. The number of rotatable bonds is 8. The van der Waals surface area contributed by atoms with Crippen molar-refractivity contribution >= 4 is 33.2 Å². The average molecular weight is 539 g/mol. The zero-order chi connectivity index (χ0) is 26.7. The van der Waals surface area contributed by atoms with E-state index < -0.39 is 45.3 Å². The number of anilines is 1. The van der Waals surface area contributed by atoms with E-state index in [0.29, 0.717) is 16.8 Å². The van der Waals surface area contributed by atoms with Gasteiger partial charge in [-0.15, -0.1) is 0 Å². The summed E-state index contributed by atoms with van der Waals surface area (Å²) in [5.41, 5.74) is 1.14. The molecule has 0 radical (unpaired) electrons. The van der Waals surface area contributed by atoms with Gasteiger partial charge in [0.1, 0.15) is 6.54 Å². The number of hydrogen-bond acceptors (Lipinski definition) is 3. The van der Waals surface area contributed by atoms with Crippen LogP contribution in [0.3, 0.4) is 0 Å². The van der Waals surface area contributed by atoms with Crippen LogP contribution in [0, 0.1) is 13.8 Å². The number of benzene rings is 3. The van der Waals surface area contributed by atoms with Gasteiger partial charge in [-0.05, 0) is 56.2 Å². The first-order chi connectivity index (χ1) is 16.8. The fraction of sp³-hybridized carbons (Fsp3) is 0.269. The smallest absolute Gasteiger partial charge is 0.348 e.